The van der Waals surface area contributed by atoms with Gasteiger partial charge in [-0.1, -0.05) is 23.2 Å². The quantitative estimate of drug-likeness (QED) is 0.470. The van der Waals surface area contributed by atoms with E-state index in [2.05, 4.69) is 10.6 Å². The Morgan fingerprint density at radius 1 is 1.12 bits per heavy atom. The Kier molecular flexibility index (Phi) is 8.36. The van der Waals surface area contributed by atoms with Crippen molar-refractivity contribution in [2.45, 2.75) is 50.4 Å². The summed E-state index contributed by atoms with van der Waals surface area (Å²) in [5.74, 6) is 1.89. The Morgan fingerprint density at radius 3 is 2.61 bits per heavy atom. The molecule has 178 valence electrons. The Labute approximate surface area is 204 Å². The fourth-order valence-electron chi connectivity index (χ4n) is 4.39. The highest BCUT2D eigenvalue weighted by molar-refractivity contribution is 6.31. The van der Waals surface area contributed by atoms with E-state index in [9.17, 15) is 9.90 Å². The Morgan fingerprint density at radius 2 is 1.85 bits per heavy atom. The lowest BCUT2D eigenvalue weighted by Gasteiger charge is -2.31. The molecule has 33 heavy (non-hydrogen) atoms. The standard InChI is InChI=1S/C25H30Cl2N2O4/c26-17-3-8-21(9-4-17)32-15-20(30)13-28-19-6-1-16(2-7-19)11-23(31)25-14-29-22-12-18(27)5-10-24(22)33-25/h3-5,8-10,12,16,19-20,25,28-30H,1-2,6-7,11,13-15H2. The molecule has 0 radical (unpaired) electrons. The number of rotatable bonds is 9. The van der Waals surface area contributed by atoms with Crippen LogP contribution in [0.2, 0.25) is 10.0 Å². The van der Waals surface area contributed by atoms with Crippen LogP contribution < -0.4 is 20.1 Å². The molecule has 1 saturated carbocycles. The molecule has 1 aliphatic carbocycles. The molecule has 4 rings (SSSR count). The first kappa shape index (κ1) is 24.1. The third-order valence-electron chi connectivity index (χ3n) is 6.28. The van der Waals surface area contributed by atoms with Crippen LogP contribution in [0.15, 0.2) is 42.5 Å². The summed E-state index contributed by atoms with van der Waals surface area (Å²) in [6, 6.07) is 12.8. The van der Waals surface area contributed by atoms with Gasteiger partial charge < -0.3 is 25.2 Å². The van der Waals surface area contributed by atoms with Gasteiger partial charge in [-0.25, -0.2) is 0 Å². The summed E-state index contributed by atoms with van der Waals surface area (Å²) in [5.41, 5.74) is 0.832. The highest BCUT2D eigenvalue weighted by atomic mass is 35.5. The highest BCUT2D eigenvalue weighted by Gasteiger charge is 2.30. The Hall–Kier alpha value is -1.99. The zero-order chi connectivity index (χ0) is 23.2. The zero-order valence-corrected chi connectivity index (χ0v) is 19.9. The predicted molar refractivity (Wildman–Crippen MR) is 131 cm³/mol. The molecule has 2 atom stereocenters. The summed E-state index contributed by atoms with van der Waals surface area (Å²) < 4.78 is 11.5. The van der Waals surface area contributed by atoms with Crippen LogP contribution in [-0.2, 0) is 4.79 Å². The van der Waals surface area contributed by atoms with Gasteiger partial charge in [0.1, 0.15) is 24.2 Å². The van der Waals surface area contributed by atoms with Crippen molar-refractivity contribution in [3.8, 4) is 11.5 Å². The molecule has 0 spiro atoms. The molecule has 2 aromatic carbocycles. The van der Waals surface area contributed by atoms with Crippen molar-refractivity contribution in [1.82, 2.24) is 5.32 Å². The van der Waals surface area contributed by atoms with Crippen LogP contribution in [0.4, 0.5) is 5.69 Å². The molecule has 1 heterocycles. The summed E-state index contributed by atoms with van der Waals surface area (Å²) in [4.78, 5) is 12.8. The van der Waals surface area contributed by atoms with E-state index in [1.54, 1.807) is 36.4 Å². The molecule has 6 nitrogen and oxygen atoms in total. The first-order valence-electron chi connectivity index (χ1n) is 11.5. The van der Waals surface area contributed by atoms with Gasteiger partial charge in [-0.2, -0.15) is 0 Å². The van der Waals surface area contributed by atoms with Gasteiger partial charge in [0.05, 0.1) is 12.2 Å². The molecular formula is C25H30Cl2N2O4. The van der Waals surface area contributed by atoms with E-state index in [1.807, 2.05) is 6.07 Å². The Bertz CT molecular complexity index is 933. The third kappa shape index (κ3) is 7.00. The summed E-state index contributed by atoms with van der Waals surface area (Å²) >= 11 is 11.9. The normalized spacial score (nSPS) is 23.1. The first-order chi connectivity index (χ1) is 16.0. The van der Waals surface area contributed by atoms with Crippen molar-refractivity contribution in [3.63, 3.8) is 0 Å². The van der Waals surface area contributed by atoms with Gasteiger partial charge >= 0.3 is 0 Å². The van der Waals surface area contributed by atoms with E-state index in [4.69, 9.17) is 32.7 Å². The number of anilines is 1. The molecule has 8 heteroatoms. The van der Waals surface area contributed by atoms with Crippen LogP contribution >= 0.6 is 23.2 Å². The number of aliphatic hydroxyl groups is 1. The topological polar surface area (TPSA) is 79.8 Å². The second-order valence-corrected chi connectivity index (χ2v) is 9.72. The van der Waals surface area contributed by atoms with Crippen LogP contribution in [0.3, 0.4) is 0 Å². The van der Waals surface area contributed by atoms with E-state index in [0.717, 1.165) is 31.4 Å². The molecule has 0 amide bonds. The minimum atomic E-state index is -0.589. The average molecular weight is 493 g/mol. The highest BCUT2D eigenvalue weighted by Crippen LogP contribution is 2.33. The van der Waals surface area contributed by atoms with Crippen LogP contribution in [0.25, 0.3) is 0 Å². The number of nitrogens with one attached hydrogen (secondary N) is 2. The lowest BCUT2D eigenvalue weighted by molar-refractivity contribution is -0.126. The molecular weight excluding hydrogens is 463 g/mol. The van der Waals surface area contributed by atoms with E-state index in [1.165, 1.54) is 0 Å². The van der Waals surface area contributed by atoms with Crippen molar-refractivity contribution in [3.05, 3.63) is 52.5 Å². The number of Topliss-reactive ketones (excluding diaryl/α,β-unsaturated/α-hetero) is 1. The molecule has 0 aromatic heterocycles. The molecule has 0 saturated heterocycles. The van der Waals surface area contributed by atoms with E-state index in [-0.39, 0.29) is 12.4 Å². The summed E-state index contributed by atoms with van der Waals surface area (Å²) in [5, 5.41) is 18.2. The summed E-state index contributed by atoms with van der Waals surface area (Å²) in [6.45, 7) is 1.18. The number of benzene rings is 2. The fraction of sp³-hybridized carbons (Fsp3) is 0.480. The van der Waals surface area contributed by atoms with Crippen LogP contribution in [0.5, 0.6) is 11.5 Å². The SMILES string of the molecule is O=C(CC1CCC(NCC(O)COc2ccc(Cl)cc2)CC1)C1CNc2cc(Cl)ccc2O1. The largest absolute Gasteiger partial charge is 0.491 e. The lowest BCUT2D eigenvalue weighted by atomic mass is 9.82. The fourth-order valence-corrected chi connectivity index (χ4v) is 4.69. The van der Waals surface area contributed by atoms with Crippen molar-refractivity contribution in [2.24, 2.45) is 5.92 Å². The number of carbonyl (C=O) groups excluding carboxylic acids is 1. The maximum absolute atomic E-state index is 12.8. The van der Waals surface area contributed by atoms with Crippen molar-refractivity contribution < 1.29 is 19.4 Å². The number of carbonyl (C=O) groups is 1. The summed E-state index contributed by atoms with van der Waals surface area (Å²) in [6.07, 6.45) is 3.47. The number of hydrogen-bond acceptors (Lipinski definition) is 6. The van der Waals surface area contributed by atoms with Gasteiger partial charge in [-0.05, 0) is 74.1 Å². The van der Waals surface area contributed by atoms with Crippen LogP contribution in [-0.4, -0.2) is 48.8 Å². The van der Waals surface area contributed by atoms with E-state index in [0.29, 0.717) is 53.0 Å². The predicted octanol–water partition coefficient (Wildman–Crippen LogP) is 4.71. The van der Waals surface area contributed by atoms with E-state index >= 15 is 0 Å². The van der Waals surface area contributed by atoms with Gasteiger partial charge in [0.2, 0.25) is 0 Å². The second kappa shape index (κ2) is 11.4. The molecule has 2 unspecified atom stereocenters. The van der Waals surface area contributed by atoms with Gasteiger partial charge in [-0.3, -0.25) is 4.79 Å². The van der Waals surface area contributed by atoms with E-state index < -0.39 is 12.2 Å². The van der Waals surface area contributed by atoms with Crippen molar-refractivity contribution in [1.29, 1.82) is 0 Å². The summed E-state index contributed by atoms with van der Waals surface area (Å²) in [7, 11) is 0. The van der Waals surface area contributed by atoms with Crippen molar-refractivity contribution in [2.75, 3.05) is 25.0 Å². The van der Waals surface area contributed by atoms with Gasteiger partial charge in [0, 0.05) is 29.1 Å². The minimum Gasteiger partial charge on any atom is -0.491 e. The molecule has 3 N–H and O–H groups in total. The second-order valence-electron chi connectivity index (χ2n) is 8.84. The number of aliphatic hydroxyl groups excluding tert-OH is 1. The smallest absolute Gasteiger partial charge is 0.175 e. The number of ketones is 1. The average Bonchev–Trinajstić information content (AvgIpc) is 2.83. The minimum absolute atomic E-state index is 0.147. The zero-order valence-electron chi connectivity index (χ0n) is 18.4. The number of ether oxygens (including phenoxy) is 2. The number of fused-ring (bicyclic) bond motifs is 1. The monoisotopic (exact) mass is 492 g/mol. The third-order valence-corrected chi connectivity index (χ3v) is 6.77. The lowest BCUT2D eigenvalue weighted by Crippen LogP contribution is -2.41. The Balaban J connectivity index is 1.13. The van der Waals surface area contributed by atoms with Gasteiger partial charge in [0.25, 0.3) is 0 Å². The molecule has 2 aromatic rings. The van der Waals surface area contributed by atoms with Gasteiger partial charge in [0.15, 0.2) is 11.9 Å². The molecule has 2 aliphatic rings. The van der Waals surface area contributed by atoms with Gasteiger partial charge in [-0.15, -0.1) is 0 Å². The molecule has 0 bridgehead atoms. The van der Waals surface area contributed by atoms with Crippen LogP contribution in [0, 0.1) is 5.92 Å². The maximum Gasteiger partial charge on any atom is 0.175 e. The number of hydrogen-bond donors (Lipinski definition) is 3. The van der Waals surface area contributed by atoms with Crippen LogP contribution in [0.1, 0.15) is 32.1 Å². The maximum atomic E-state index is 12.8. The molecule has 1 fully saturated rings. The first-order valence-corrected chi connectivity index (χ1v) is 12.2. The number of halogens is 2. The molecule has 1 aliphatic heterocycles. The van der Waals surface area contributed by atoms with Crippen molar-refractivity contribution >= 4 is 34.7 Å².